The van der Waals surface area contributed by atoms with Crippen LogP contribution in [0.25, 0.3) is 0 Å². The van der Waals surface area contributed by atoms with E-state index < -0.39 is 5.54 Å². The first-order valence-electron chi connectivity index (χ1n) is 8.22. The summed E-state index contributed by atoms with van der Waals surface area (Å²) in [6.45, 7) is 13.0. The first-order chi connectivity index (χ1) is 9.54. The molecule has 0 aliphatic heterocycles. The lowest BCUT2D eigenvalue weighted by Crippen LogP contribution is -2.52. The molecular weight excluding hydrogens is 252 g/mol. The largest absolute Gasteiger partial charge is 0.465 e. The van der Waals surface area contributed by atoms with Crippen molar-refractivity contribution in [3.63, 3.8) is 0 Å². The molecule has 3 unspecified atom stereocenters. The van der Waals surface area contributed by atoms with Crippen LogP contribution in [0.15, 0.2) is 0 Å². The third-order valence-electron chi connectivity index (χ3n) is 4.66. The van der Waals surface area contributed by atoms with Gasteiger partial charge < -0.3 is 10.1 Å². The van der Waals surface area contributed by atoms with Crippen molar-refractivity contribution in [2.45, 2.75) is 77.9 Å². The summed E-state index contributed by atoms with van der Waals surface area (Å²) in [4.78, 5) is 14.9. The van der Waals surface area contributed by atoms with Gasteiger partial charge in [0.15, 0.2) is 0 Å². The van der Waals surface area contributed by atoms with E-state index >= 15 is 0 Å². The summed E-state index contributed by atoms with van der Waals surface area (Å²) in [6.07, 6.45) is 3.98. The zero-order chi connectivity index (χ0) is 15.2. The van der Waals surface area contributed by atoms with E-state index in [0.717, 1.165) is 38.8 Å². The molecule has 1 aliphatic rings. The van der Waals surface area contributed by atoms with Crippen molar-refractivity contribution in [2.24, 2.45) is 0 Å². The molecule has 4 nitrogen and oxygen atoms in total. The number of rotatable bonds is 8. The minimum Gasteiger partial charge on any atom is -0.465 e. The standard InChI is InChI=1S/C16H32N2O2/c1-6-13(5)18(8-3)14-10-11-16(12-14,17-7-2)15(19)20-9-4/h13-14,17H,6-12H2,1-5H3. The number of carbonyl (C=O) groups excluding carboxylic acids is 1. The molecule has 1 aliphatic carbocycles. The Hall–Kier alpha value is -0.610. The van der Waals surface area contributed by atoms with Gasteiger partial charge in [-0.3, -0.25) is 9.69 Å². The Labute approximate surface area is 124 Å². The van der Waals surface area contributed by atoms with Crippen molar-refractivity contribution >= 4 is 5.97 Å². The van der Waals surface area contributed by atoms with Crippen molar-refractivity contribution in [1.29, 1.82) is 0 Å². The van der Waals surface area contributed by atoms with Crippen LogP contribution in [-0.4, -0.2) is 48.2 Å². The highest BCUT2D eigenvalue weighted by Crippen LogP contribution is 2.35. The molecule has 1 N–H and O–H groups in total. The number of ether oxygens (including phenoxy) is 1. The van der Waals surface area contributed by atoms with E-state index in [-0.39, 0.29) is 5.97 Å². The van der Waals surface area contributed by atoms with Gasteiger partial charge in [-0.2, -0.15) is 0 Å². The number of esters is 1. The van der Waals surface area contributed by atoms with E-state index in [1.165, 1.54) is 0 Å². The second kappa shape index (κ2) is 7.99. The van der Waals surface area contributed by atoms with Gasteiger partial charge in [-0.15, -0.1) is 0 Å². The van der Waals surface area contributed by atoms with E-state index in [4.69, 9.17) is 4.74 Å². The highest BCUT2D eigenvalue weighted by Gasteiger charge is 2.47. The fourth-order valence-corrected chi connectivity index (χ4v) is 3.49. The highest BCUT2D eigenvalue weighted by atomic mass is 16.5. The summed E-state index contributed by atoms with van der Waals surface area (Å²) < 4.78 is 5.31. The zero-order valence-electron chi connectivity index (χ0n) is 13.9. The molecule has 1 saturated carbocycles. The molecule has 0 aromatic carbocycles. The fraction of sp³-hybridized carbons (Fsp3) is 0.938. The number of hydrogen-bond donors (Lipinski definition) is 1. The maximum absolute atomic E-state index is 12.3. The average molecular weight is 284 g/mol. The number of likely N-dealkylation sites (N-methyl/N-ethyl adjacent to an activating group) is 1. The molecule has 0 spiro atoms. The molecule has 1 rings (SSSR count). The van der Waals surface area contributed by atoms with Gasteiger partial charge in [0.25, 0.3) is 0 Å². The van der Waals surface area contributed by atoms with Gasteiger partial charge >= 0.3 is 5.97 Å². The third-order valence-corrected chi connectivity index (χ3v) is 4.66. The van der Waals surface area contributed by atoms with E-state index in [0.29, 0.717) is 18.7 Å². The Morgan fingerprint density at radius 3 is 2.60 bits per heavy atom. The lowest BCUT2D eigenvalue weighted by atomic mass is 9.96. The van der Waals surface area contributed by atoms with E-state index in [2.05, 4.69) is 37.9 Å². The Balaban J connectivity index is 2.80. The van der Waals surface area contributed by atoms with Crippen LogP contribution in [0.5, 0.6) is 0 Å². The lowest BCUT2D eigenvalue weighted by Gasteiger charge is -2.34. The highest BCUT2D eigenvalue weighted by molar-refractivity contribution is 5.81. The van der Waals surface area contributed by atoms with Crippen LogP contribution in [0, 0.1) is 0 Å². The molecule has 0 aromatic rings. The Bertz CT molecular complexity index is 309. The first-order valence-corrected chi connectivity index (χ1v) is 8.22. The van der Waals surface area contributed by atoms with Crippen molar-refractivity contribution in [1.82, 2.24) is 10.2 Å². The predicted octanol–water partition coefficient (Wildman–Crippen LogP) is 2.57. The molecule has 3 atom stereocenters. The van der Waals surface area contributed by atoms with Gasteiger partial charge in [-0.25, -0.2) is 0 Å². The SMILES string of the molecule is CCNC1(C(=O)OCC)CCC(N(CC)C(C)CC)C1. The summed E-state index contributed by atoms with van der Waals surface area (Å²) in [5, 5.41) is 3.41. The Kier molecular flexibility index (Phi) is 6.96. The van der Waals surface area contributed by atoms with Crippen molar-refractivity contribution < 1.29 is 9.53 Å². The van der Waals surface area contributed by atoms with Crippen LogP contribution < -0.4 is 5.32 Å². The molecular formula is C16H32N2O2. The van der Waals surface area contributed by atoms with Crippen LogP contribution in [-0.2, 0) is 9.53 Å². The molecule has 0 aromatic heterocycles. The van der Waals surface area contributed by atoms with E-state index in [1.54, 1.807) is 0 Å². The van der Waals surface area contributed by atoms with Crippen molar-refractivity contribution in [2.75, 3.05) is 19.7 Å². The summed E-state index contributed by atoms with van der Waals surface area (Å²) in [7, 11) is 0. The third kappa shape index (κ3) is 3.73. The molecule has 0 saturated heterocycles. The first kappa shape index (κ1) is 17.4. The predicted molar refractivity (Wildman–Crippen MR) is 82.8 cm³/mol. The molecule has 20 heavy (non-hydrogen) atoms. The summed E-state index contributed by atoms with van der Waals surface area (Å²) in [6, 6.07) is 1.06. The molecule has 0 amide bonds. The van der Waals surface area contributed by atoms with Crippen LogP contribution in [0.2, 0.25) is 0 Å². The van der Waals surface area contributed by atoms with Gasteiger partial charge in [0.2, 0.25) is 0 Å². The van der Waals surface area contributed by atoms with Gasteiger partial charge in [0.05, 0.1) is 6.61 Å². The number of nitrogens with zero attached hydrogens (tertiary/aromatic N) is 1. The van der Waals surface area contributed by atoms with E-state index in [1.807, 2.05) is 6.92 Å². The normalized spacial score (nSPS) is 27.8. The minimum absolute atomic E-state index is 0.0652. The van der Waals surface area contributed by atoms with Crippen molar-refractivity contribution in [3.8, 4) is 0 Å². The van der Waals surface area contributed by atoms with Crippen LogP contribution in [0.3, 0.4) is 0 Å². The maximum atomic E-state index is 12.3. The Morgan fingerprint density at radius 1 is 1.40 bits per heavy atom. The molecule has 0 heterocycles. The molecule has 0 radical (unpaired) electrons. The molecule has 4 heteroatoms. The van der Waals surface area contributed by atoms with Gasteiger partial charge in [0, 0.05) is 12.1 Å². The quantitative estimate of drug-likeness (QED) is 0.696. The second-order valence-electron chi connectivity index (χ2n) is 5.82. The van der Waals surface area contributed by atoms with Gasteiger partial charge in [0.1, 0.15) is 5.54 Å². The number of carbonyl (C=O) groups is 1. The van der Waals surface area contributed by atoms with Crippen LogP contribution in [0.4, 0.5) is 0 Å². The van der Waals surface area contributed by atoms with Crippen molar-refractivity contribution in [3.05, 3.63) is 0 Å². The summed E-state index contributed by atoms with van der Waals surface area (Å²) in [5.74, 6) is -0.0652. The number of hydrogen-bond acceptors (Lipinski definition) is 4. The lowest BCUT2D eigenvalue weighted by molar-refractivity contribution is -0.151. The Morgan fingerprint density at radius 2 is 2.10 bits per heavy atom. The average Bonchev–Trinajstić information content (AvgIpc) is 2.85. The molecule has 1 fully saturated rings. The van der Waals surface area contributed by atoms with Gasteiger partial charge in [-0.05, 0) is 52.6 Å². The summed E-state index contributed by atoms with van der Waals surface area (Å²) in [5.41, 5.74) is -0.462. The minimum atomic E-state index is -0.462. The molecule has 118 valence electrons. The second-order valence-corrected chi connectivity index (χ2v) is 5.82. The monoisotopic (exact) mass is 284 g/mol. The van der Waals surface area contributed by atoms with Crippen LogP contribution >= 0.6 is 0 Å². The molecule has 0 bridgehead atoms. The number of nitrogens with one attached hydrogen (secondary N) is 1. The topological polar surface area (TPSA) is 41.6 Å². The summed E-state index contributed by atoms with van der Waals surface area (Å²) >= 11 is 0. The van der Waals surface area contributed by atoms with E-state index in [9.17, 15) is 4.79 Å². The maximum Gasteiger partial charge on any atom is 0.326 e. The van der Waals surface area contributed by atoms with Crippen LogP contribution in [0.1, 0.15) is 60.3 Å². The fourth-order valence-electron chi connectivity index (χ4n) is 3.49. The zero-order valence-corrected chi connectivity index (χ0v) is 13.9. The van der Waals surface area contributed by atoms with Gasteiger partial charge in [-0.1, -0.05) is 20.8 Å². The smallest absolute Gasteiger partial charge is 0.326 e.